The van der Waals surface area contributed by atoms with E-state index in [0.29, 0.717) is 6.42 Å². The molecule has 0 aliphatic carbocycles. The maximum Gasteiger partial charge on any atom is 0.135 e. The van der Waals surface area contributed by atoms with E-state index < -0.39 is 11.1 Å². The minimum absolute atomic E-state index is 0.365. The number of hydrogen-bond acceptors (Lipinski definition) is 4. The van der Waals surface area contributed by atoms with Crippen LogP contribution in [0.2, 0.25) is 0 Å². The Morgan fingerprint density at radius 2 is 1.73 bits per heavy atom. The van der Waals surface area contributed by atoms with Crippen molar-refractivity contribution < 1.29 is 0 Å². The summed E-state index contributed by atoms with van der Waals surface area (Å²) in [6.07, 6.45) is 0.365. The summed E-state index contributed by atoms with van der Waals surface area (Å²) in [5.41, 5.74) is 8.55. The van der Waals surface area contributed by atoms with Crippen LogP contribution in [-0.2, 0) is 0 Å². The maximum absolute atomic E-state index is 8.65. The van der Waals surface area contributed by atoms with Gasteiger partial charge in [-0.1, -0.05) is 6.92 Å². The summed E-state index contributed by atoms with van der Waals surface area (Å²) in [5.74, 6) is 0. The van der Waals surface area contributed by atoms with E-state index in [1.807, 2.05) is 12.1 Å². The Labute approximate surface area is 66.4 Å². The van der Waals surface area contributed by atoms with Gasteiger partial charge in [-0.2, -0.15) is 10.5 Å². The average Bonchev–Trinajstić information content (AvgIpc) is 2.02. The Bertz CT molecular complexity index is 220. The minimum atomic E-state index is -1.28. The Morgan fingerprint density at radius 3 is 1.82 bits per heavy atom. The van der Waals surface area contributed by atoms with E-state index in [-0.39, 0.29) is 0 Å². The number of rotatable bonds is 2. The van der Waals surface area contributed by atoms with E-state index in [1.165, 1.54) is 6.92 Å². The van der Waals surface area contributed by atoms with Crippen LogP contribution in [0.25, 0.3) is 0 Å². The van der Waals surface area contributed by atoms with E-state index in [0.717, 1.165) is 0 Å². The number of nitriles is 2. The maximum atomic E-state index is 8.65. The minimum Gasteiger partial charge on any atom is -0.311 e. The molecule has 0 aromatic carbocycles. The quantitative estimate of drug-likeness (QED) is 0.575. The molecule has 2 atom stereocenters. The Kier molecular flexibility index (Phi) is 2.59. The molecule has 0 fully saturated rings. The van der Waals surface area contributed by atoms with Gasteiger partial charge in [0.15, 0.2) is 0 Å². The average molecular weight is 152 g/mol. The zero-order chi connectivity index (χ0) is 9.12. The third-order valence-corrected chi connectivity index (χ3v) is 1.92. The summed E-state index contributed by atoms with van der Waals surface area (Å²) in [7, 11) is 0. The SMILES string of the molecule is CCC(N)(C#N)C(C)(N)C#N. The second-order valence-electron chi connectivity index (χ2n) is 2.75. The smallest absolute Gasteiger partial charge is 0.135 e. The second kappa shape index (κ2) is 2.87. The topological polar surface area (TPSA) is 99.6 Å². The highest BCUT2D eigenvalue weighted by Crippen LogP contribution is 2.18. The Hall–Kier alpha value is -1.10. The van der Waals surface area contributed by atoms with Gasteiger partial charge in [0.05, 0.1) is 12.1 Å². The molecule has 0 aliphatic rings. The predicted molar refractivity (Wildman–Crippen MR) is 41.0 cm³/mol. The summed E-state index contributed by atoms with van der Waals surface area (Å²) >= 11 is 0. The van der Waals surface area contributed by atoms with Gasteiger partial charge < -0.3 is 11.5 Å². The molecule has 2 unspecified atom stereocenters. The van der Waals surface area contributed by atoms with Gasteiger partial charge in [0.2, 0.25) is 0 Å². The van der Waals surface area contributed by atoms with Crippen LogP contribution in [0.4, 0.5) is 0 Å². The molecule has 0 aromatic heterocycles. The second-order valence-corrected chi connectivity index (χ2v) is 2.75. The van der Waals surface area contributed by atoms with Crippen LogP contribution in [0.15, 0.2) is 0 Å². The first-order valence-corrected chi connectivity index (χ1v) is 3.34. The summed E-state index contributed by atoms with van der Waals surface area (Å²) < 4.78 is 0. The monoisotopic (exact) mass is 152 g/mol. The molecule has 0 saturated carbocycles. The summed E-state index contributed by atoms with van der Waals surface area (Å²) in [4.78, 5) is 0. The molecular weight excluding hydrogens is 140 g/mol. The molecule has 60 valence electrons. The molecular formula is C7H12N4. The van der Waals surface area contributed by atoms with Crippen molar-refractivity contribution in [2.75, 3.05) is 0 Å². The standard InChI is InChI=1S/C7H12N4/c1-3-7(11,5-9)6(2,10)4-8/h3,10-11H2,1-2H3. The van der Waals surface area contributed by atoms with Gasteiger partial charge in [0, 0.05) is 0 Å². The number of hydrogen-bond donors (Lipinski definition) is 2. The van der Waals surface area contributed by atoms with Crippen molar-refractivity contribution >= 4 is 0 Å². The molecule has 0 aromatic rings. The Morgan fingerprint density at radius 1 is 1.27 bits per heavy atom. The van der Waals surface area contributed by atoms with Gasteiger partial charge in [-0.3, -0.25) is 0 Å². The van der Waals surface area contributed by atoms with Crippen LogP contribution in [0.3, 0.4) is 0 Å². The lowest BCUT2D eigenvalue weighted by molar-refractivity contribution is 0.365. The van der Waals surface area contributed by atoms with Crippen LogP contribution in [0, 0.1) is 22.7 Å². The fraction of sp³-hybridized carbons (Fsp3) is 0.714. The zero-order valence-electron chi connectivity index (χ0n) is 6.76. The summed E-state index contributed by atoms with van der Waals surface area (Å²) in [5, 5.41) is 17.2. The van der Waals surface area contributed by atoms with Gasteiger partial charge in [-0.15, -0.1) is 0 Å². The van der Waals surface area contributed by atoms with Crippen molar-refractivity contribution in [2.45, 2.75) is 31.3 Å². The van der Waals surface area contributed by atoms with E-state index in [4.69, 9.17) is 22.0 Å². The van der Waals surface area contributed by atoms with E-state index in [1.54, 1.807) is 6.92 Å². The van der Waals surface area contributed by atoms with Gasteiger partial charge in [-0.05, 0) is 13.3 Å². The molecule has 0 bridgehead atoms. The molecule has 4 N–H and O–H groups in total. The predicted octanol–water partition coefficient (Wildman–Crippen LogP) is -0.142. The van der Waals surface area contributed by atoms with Crippen molar-refractivity contribution in [2.24, 2.45) is 11.5 Å². The normalized spacial score (nSPS) is 20.5. The van der Waals surface area contributed by atoms with Crippen molar-refractivity contribution in [1.29, 1.82) is 10.5 Å². The molecule has 0 radical (unpaired) electrons. The third-order valence-electron chi connectivity index (χ3n) is 1.92. The first kappa shape index (κ1) is 9.90. The summed E-state index contributed by atoms with van der Waals surface area (Å²) in [6.45, 7) is 3.19. The summed E-state index contributed by atoms with van der Waals surface area (Å²) in [6, 6.07) is 3.66. The van der Waals surface area contributed by atoms with Crippen LogP contribution < -0.4 is 11.5 Å². The lowest BCUT2D eigenvalue weighted by Crippen LogP contribution is -2.62. The molecule has 4 nitrogen and oxygen atoms in total. The van der Waals surface area contributed by atoms with Crippen molar-refractivity contribution in [3.05, 3.63) is 0 Å². The fourth-order valence-corrected chi connectivity index (χ4v) is 0.662. The molecule has 0 amide bonds. The molecule has 11 heavy (non-hydrogen) atoms. The van der Waals surface area contributed by atoms with Crippen molar-refractivity contribution in [1.82, 2.24) is 0 Å². The van der Waals surface area contributed by atoms with Gasteiger partial charge in [0.25, 0.3) is 0 Å². The van der Waals surface area contributed by atoms with Crippen LogP contribution in [0.5, 0.6) is 0 Å². The van der Waals surface area contributed by atoms with Crippen molar-refractivity contribution in [3.8, 4) is 12.1 Å². The molecule has 0 saturated heterocycles. The highest BCUT2D eigenvalue weighted by atomic mass is 14.9. The first-order chi connectivity index (χ1) is 4.93. The number of nitrogens with zero attached hydrogens (tertiary/aromatic N) is 2. The van der Waals surface area contributed by atoms with Crippen LogP contribution >= 0.6 is 0 Å². The first-order valence-electron chi connectivity index (χ1n) is 3.34. The fourth-order valence-electron chi connectivity index (χ4n) is 0.662. The molecule has 0 rings (SSSR count). The number of nitrogens with two attached hydrogens (primary N) is 2. The van der Waals surface area contributed by atoms with Crippen LogP contribution in [0.1, 0.15) is 20.3 Å². The van der Waals surface area contributed by atoms with Crippen LogP contribution in [-0.4, -0.2) is 11.1 Å². The van der Waals surface area contributed by atoms with E-state index in [2.05, 4.69) is 0 Å². The van der Waals surface area contributed by atoms with Gasteiger partial charge in [0.1, 0.15) is 11.1 Å². The molecule has 0 aliphatic heterocycles. The lowest BCUT2D eigenvalue weighted by atomic mass is 9.80. The largest absolute Gasteiger partial charge is 0.311 e. The molecule has 4 heteroatoms. The highest BCUT2D eigenvalue weighted by Gasteiger charge is 2.41. The Balaban J connectivity index is 4.85. The lowest BCUT2D eigenvalue weighted by Gasteiger charge is -2.31. The van der Waals surface area contributed by atoms with E-state index >= 15 is 0 Å². The highest BCUT2D eigenvalue weighted by molar-refractivity contribution is 5.25. The molecule has 0 heterocycles. The van der Waals surface area contributed by atoms with Gasteiger partial charge >= 0.3 is 0 Å². The third kappa shape index (κ3) is 1.48. The molecule has 0 spiro atoms. The van der Waals surface area contributed by atoms with Crippen molar-refractivity contribution in [3.63, 3.8) is 0 Å². The zero-order valence-corrected chi connectivity index (χ0v) is 6.76. The van der Waals surface area contributed by atoms with E-state index in [9.17, 15) is 0 Å². The van der Waals surface area contributed by atoms with Gasteiger partial charge in [-0.25, -0.2) is 0 Å².